The zero-order valence-electron chi connectivity index (χ0n) is 16.2. The summed E-state index contributed by atoms with van der Waals surface area (Å²) in [6.07, 6.45) is 4.83. The first kappa shape index (κ1) is 18.7. The molecule has 0 aliphatic carbocycles. The number of anilines is 1. The maximum absolute atomic E-state index is 12.7. The molecule has 1 saturated heterocycles. The summed E-state index contributed by atoms with van der Waals surface area (Å²) in [6, 6.07) is 10.9. The van der Waals surface area contributed by atoms with E-state index >= 15 is 0 Å². The van der Waals surface area contributed by atoms with Gasteiger partial charge in [-0.3, -0.25) is 4.79 Å². The average molecular weight is 396 g/mol. The fraction of sp³-hybridized carbons (Fsp3) is 0.381. The lowest BCUT2D eigenvalue weighted by Gasteiger charge is -2.41. The van der Waals surface area contributed by atoms with Gasteiger partial charge >= 0.3 is 0 Å². The van der Waals surface area contributed by atoms with Crippen LogP contribution in [0.3, 0.4) is 0 Å². The zero-order chi connectivity index (χ0) is 19.6. The highest BCUT2D eigenvalue weighted by molar-refractivity contribution is 7.13. The van der Waals surface area contributed by atoms with E-state index in [1.54, 1.807) is 23.9 Å². The van der Waals surface area contributed by atoms with E-state index in [4.69, 9.17) is 4.98 Å². The number of likely N-dealkylation sites (tertiary alicyclic amines) is 1. The van der Waals surface area contributed by atoms with Crippen LogP contribution in [-0.2, 0) is 5.41 Å². The number of rotatable bonds is 5. The molecule has 3 heterocycles. The van der Waals surface area contributed by atoms with E-state index in [2.05, 4.69) is 58.8 Å². The predicted molar refractivity (Wildman–Crippen MR) is 112 cm³/mol. The molecule has 1 aliphatic heterocycles. The van der Waals surface area contributed by atoms with E-state index < -0.39 is 0 Å². The van der Waals surface area contributed by atoms with Gasteiger partial charge in [0.15, 0.2) is 5.13 Å². The van der Waals surface area contributed by atoms with Crippen LogP contribution in [0, 0.1) is 0 Å². The maximum atomic E-state index is 12.7. The van der Waals surface area contributed by atoms with E-state index in [-0.39, 0.29) is 11.3 Å². The van der Waals surface area contributed by atoms with E-state index in [0.29, 0.717) is 24.8 Å². The van der Waals surface area contributed by atoms with E-state index in [9.17, 15) is 4.79 Å². The second-order valence-corrected chi connectivity index (χ2v) is 8.40. The highest BCUT2D eigenvalue weighted by atomic mass is 32.1. The number of benzene rings is 1. The van der Waals surface area contributed by atoms with Crippen molar-refractivity contribution in [1.82, 2.24) is 19.9 Å². The van der Waals surface area contributed by atoms with Gasteiger partial charge in [0.1, 0.15) is 5.69 Å². The first-order valence-electron chi connectivity index (χ1n) is 9.64. The van der Waals surface area contributed by atoms with Crippen molar-refractivity contribution in [2.75, 3.05) is 18.4 Å². The normalized spacial score (nSPS) is 16.3. The topological polar surface area (TPSA) is 73.9 Å². The second kappa shape index (κ2) is 7.75. The Balaban J connectivity index is 1.61. The quantitative estimate of drug-likeness (QED) is 0.687. The second-order valence-electron chi connectivity index (χ2n) is 7.54. The highest BCUT2D eigenvalue weighted by Gasteiger charge is 2.41. The van der Waals surface area contributed by atoms with Gasteiger partial charge in [-0.15, -0.1) is 11.3 Å². The molecule has 0 unspecified atom stereocenters. The molecule has 1 aliphatic rings. The van der Waals surface area contributed by atoms with Crippen molar-refractivity contribution in [3.05, 3.63) is 65.2 Å². The largest absolute Gasteiger partial charge is 0.359 e. The smallest absolute Gasteiger partial charge is 0.271 e. The molecule has 7 heteroatoms. The van der Waals surface area contributed by atoms with Crippen LogP contribution < -0.4 is 5.32 Å². The summed E-state index contributed by atoms with van der Waals surface area (Å²) in [5, 5.41) is 6.54. The molecule has 0 saturated carbocycles. The minimum Gasteiger partial charge on any atom is -0.359 e. The fourth-order valence-electron chi connectivity index (χ4n) is 3.89. The molecule has 0 spiro atoms. The number of hydrogen-bond donors (Lipinski definition) is 2. The summed E-state index contributed by atoms with van der Waals surface area (Å²) >= 11 is 1.65. The number of hydrogen-bond acceptors (Lipinski definition) is 5. The van der Waals surface area contributed by atoms with Gasteiger partial charge in [0.2, 0.25) is 0 Å². The van der Waals surface area contributed by atoms with Crippen molar-refractivity contribution in [3.8, 4) is 0 Å². The third-order valence-electron chi connectivity index (χ3n) is 5.37. The van der Waals surface area contributed by atoms with Crippen LogP contribution in [0.25, 0.3) is 0 Å². The number of imidazole rings is 1. The van der Waals surface area contributed by atoms with Crippen LogP contribution in [0.1, 0.15) is 48.4 Å². The lowest BCUT2D eigenvalue weighted by atomic mass is 9.70. The Morgan fingerprint density at radius 3 is 2.64 bits per heavy atom. The van der Waals surface area contributed by atoms with Gasteiger partial charge in [0.05, 0.1) is 18.2 Å². The Morgan fingerprint density at radius 1 is 1.25 bits per heavy atom. The molecule has 2 N–H and O–H groups in total. The SMILES string of the molecule is CC(C)Nc1nc(C2(c3ccccc3)CCN(C(=O)c3cnc[nH]3)CC2)cs1. The first-order chi connectivity index (χ1) is 13.6. The predicted octanol–water partition coefficient (Wildman–Crippen LogP) is 3.91. The summed E-state index contributed by atoms with van der Waals surface area (Å²) in [4.78, 5) is 26.4. The highest BCUT2D eigenvalue weighted by Crippen LogP contribution is 2.42. The monoisotopic (exact) mass is 395 g/mol. The number of nitrogens with one attached hydrogen (secondary N) is 2. The van der Waals surface area contributed by atoms with Crippen molar-refractivity contribution in [3.63, 3.8) is 0 Å². The Kier molecular flexibility index (Phi) is 5.17. The summed E-state index contributed by atoms with van der Waals surface area (Å²) in [6.45, 7) is 5.62. The van der Waals surface area contributed by atoms with Crippen LogP contribution in [0.5, 0.6) is 0 Å². The van der Waals surface area contributed by atoms with Gasteiger partial charge in [-0.1, -0.05) is 30.3 Å². The van der Waals surface area contributed by atoms with Crippen molar-refractivity contribution in [1.29, 1.82) is 0 Å². The van der Waals surface area contributed by atoms with Crippen LogP contribution in [0.2, 0.25) is 0 Å². The third-order valence-corrected chi connectivity index (χ3v) is 6.14. The van der Waals surface area contributed by atoms with Crippen LogP contribution in [-0.4, -0.2) is 44.9 Å². The molecule has 0 bridgehead atoms. The zero-order valence-corrected chi connectivity index (χ0v) is 17.0. The molecule has 0 atom stereocenters. The summed E-state index contributed by atoms with van der Waals surface area (Å²) < 4.78 is 0. The first-order valence-corrected chi connectivity index (χ1v) is 10.5. The number of carbonyl (C=O) groups excluding carboxylic acids is 1. The average Bonchev–Trinajstić information content (AvgIpc) is 3.40. The van der Waals surface area contributed by atoms with E-state index in [0.717, 1.165) is 23.7 Å². The third kappa shape index (κ3) is 3.54. The molecule has 0 radical (unpaired) electrons. The molecule has 2 aromatic heterocycles. The van der Waals surface area contributed by atoms with Crippen molar-refractivity contribution in [2.24, 2.45) is 0 Å². The number of piperidine rings is 1. The molecule has 28 heavy (non-hydrogen) atoms. The van der Waals surface area contributed by atoms with Gasteiger partial charge in [0.25, 0.3) is 5.91 Å². The van der Waals surface area contributed by atoms with E-state index in [1.165, 1.54) is 5.56 Å². The summed E-state index contributed by atoms with van der Waals surface area (Å²) in [5.41, 5.74) is 2.74. The Morgan fingerprint density at radius 2 is 2.00 bits per heavy atom. The number of aromatic amines is 1. The lowest BCUT2D eigenvalue weighted by Crippen LogP contribution is -2.46. The Hall–Kier alpha value is -2.67. The van der Waals surface area contributed by atoms with Gasteiger partial charge in [0, 0.05) is 29.9 Å². The van der Waals surface area contributed by atoms with Gasteiger partial charge in [-0.2, -0.15) is 0 Å². The van der Waals surface area contributed by atoms with Crippen LogP contribution in [0.15, 0.2) is 48.2 Å². The minimum absolute atomic E-state index is 0.0135. The van der Waals surface area contributed by atoms with Crippen molar-refractivity contribution in [2.45, 2.75) is 38.1 Å². The maximum Gasteiger partial charge on any atom is 0.271 e. The Bertz CT molecular complexity index is 911. The molecule has 1 aromatic carbocycles. The molecule has 1 fully saturated rings. The minimum atomic E-state index is -0.167. The number of nitrogens with zero attached hydrogens (tertiary/aromatic N) is 3. The van der Waals surface area contributed by atoms with Gasteiger partial charge in [-0.05, 0) is 32.3 Å². The molecular weight excluding hydrogens is 370 g/mol. The molecular formula is C21H25N5OS. The number of aromatic nitrogens is 3. The fourth-order valence-corrected chi connectivity index (χ4v) is 4.85. The molecule has 146 valence electrons. The van der Waals surface area contributed by atoms with Crippen molar-refractivity contribution >= 4 is 22.4 Å². The number of amides is 1. The lowest BCUT2D eigenvalue weighted by molar-refractivity contribution is 0.0679. The van der Waals surface area contributed by atoms with Crippen molar-refractivity contribution < 1.29 is 4.79 Å². The van der Waals surface area contributed by atoms with E-state index in [1.807, 2.05) is 11.0 Å². The number of H-pyrrole nitrogens is 1. The van der Waals surface area contributed by atoms with Crippen LogP contribution in [0.4, 0.5) is 5.13 Å². The van der Waals surface area contributed by atoms with Gasteiger partial charge in [-0.25, -0.2) is 9.97 Å². The summed E-state index contributed by atoms with van der Waals surface area (Å²) in [7, 11) is 0. The van der Waals surface area contributed by atoms with Gasteiger partial charge < -0.3 is 15.2 Å². The van der Waals surface area contributed by atoms with Crippen LogP contribution >= 0.6 is 11.3 Å². The molecule has 4 rings (SSSR count). The standard InChI is InChI=1S/C21H25N5OS/c1-15(2)24-20-25-18(13-28-20)21(16-6-4-3-5-7-16)8-10-26(11-9-21)19(27)17-12-22-14-23-17/h3-7,12-15H,8-11H2,1-2H3,(H,22,23)(H,24,25). The number of thiazole rings is 1. The summed E-state index contributed by atoms with van der Waals surface area (Å²) in [5.74, 6) is 0.0135. The Labute approximate surface area is 169 Å². The molecule has 6 nitrogen and oxygen atoms in total. The molecule has 1 amide bonds. The molecule has 3 aromatic rings. The number of carbonyl (C=O) groups is 1.